The Balaban J connectivity index is 1.98. The number of thiocyanates is 1. The Morgan fingerprint density at radius 1 is 1.00 bits per heavy atom. The molecule has 2 amide bonds. The van der Waals surface area contributed by atoms with Gasteiger partial charge in [0.1, 0.15) is 5.40 Å². The summed E-state index contributed by atoms with van der Waals surface area (Å²) in [5.41, 5.74) is 1.16. The van der Waals surface area contributed by atoms with E-state index in [9.17, 15) is 4.79 Å². The molecule has 7 heteroatoms. The minimum Gasteiger partial charge on any atom is -0.308 e. The standard InChI is InChI=1S/C14H9Cl2N3OS/c15-12-6-3-10(7-13(12)16)19-14(20)18-9-1-4-11(5-2-9)21-8-17/h1-7H,(H2,18,19,20). The topological polar surface area (TPSA) is 64.9 Å². The van der Waals surface area contributed by atoms with Gasteiger partial charge in [-0.1, -0.05) is 23.2 Å². The molecule has 0 saturated carbocycles. The van der Waals surface area contributed by atoms with Gasteiger partial charge < -0.3 is 10.6 Å². The van der Waals surface area contributed by atoms with E-state index in [0.717, 1.165) is 16.7 Å². The number of carbonyl (C=O) groups is 1. The highest BCUT2D eigenvalue weighted by Crippen LogP contribution is 2.25. The molecule has 2 aromatic carbocycles. The second-order valence-corrected chi connectivity index (χ2v) is 5.60. The van der Waals surface area contributed by atoms with Crippen LogP contribution >= 0.6 is 35.0 Å². The molecule has 2 aromatic rings. The van der Waals surface area contributed by atoms with E-state index >= 15 is 0 Å². The highest BCUT2D eigenvalue weighted by atomic mass is 35.5. The number of anilines is 2. The number of hydrogen-bond donors (Lipinski definition) is 2. The Morgan fingerprint density at radius 3 is 2.24 bits per heavy atom. The zero-order valence-corrected chi connectivity index (χ0v) is 12.9. The first kappa shape index (κ1) is 15.5. The van der Waals surface area contributed by atoms with E-state index in [1.807, 2.05) is 5.40 Å². The van der Waals surface area contributed by atoms with Gasteiger partial charge in [0.2, 0.25) is 0 Å². The average Bonchev–Trinajstić information content (AvgIpc) is 2.45. The second kappa shape index (κ2) is 7.23. The maximum Gasteiger partial charge on any atom is 0.323 e. The minimum absolute atomic E-state index is 0.368. The van der Waals surface area contributed by atoms with Gasteiger partial charge in [-0.2, -0.15) is 5.26 Å². The van der Waals surface area contributed by atoms with Crippen LogP contribution in [0, 0.1) is 10.7 Å². The number of nitriles is 1. The van der Waals surface area contributed by atoms with Crippen molar-refractivity contribution < 1.29 is 4.79 Å². The van der Waals surface area contributed by atoms with Gasteiger partial charge in [-0.05, 0) is 54.2 Å². The zero-order chi connectivity index (χ0) is 15.2. The lowest BCUT2D eigenvalue weighted by Gasteiger charge is -2.08. The molecule has 2 N–H and O–H groups in total. The van der Waals surface area contributed by atoms with Crippen molar-refractivity contribution in [1.82, 2.24) is 0 Å². The third-order valence-corrected chi connectivity index (χ3v) is 3.79. The molecular formula is C14H9Cl2N3OS. The summed E-state index contributed by atoms with van der Waals surface area (Å²) in [5, 5.41) is 16.6. The molecule has 0 unspecified atom stereocenters. The Bertz CT molecular complexity index is 698. The molecule has 0 aliphatic carbocycles. The molecule has 0 aliphatic heterocycles. The Kier molecular flexibility index (Phi) is 5.34. The van der Waals surface area contributed by atoms with Crippen LogP contribution < -0.4 is 10.6 Å². The number of carbonyl (C=O) groups excluding carboxylic acids is 1. The van der Waals surface area contributed by atoms with Crippen LogP contribution in [0.5, 0.6) is 0 Å². The van der Waals surface area contributed by atoms with Crippen LogP contribution in [0.3, 0.4) is 0 Å². The molecule has 0 heterocycles. The predicted molar refractivity (Wildman–Crippen MR) is 87.0 cm³/mol. The summed E-state index contributed by atoms with van der Waals surface area (Å²) >= 11 is 12.7. The van der Waals surface area contributed by atoms with Crippen LogP contribution in [0.4, 0.5) is 16.2 Å². The summed E-state index contributed by atoms with van der Waals surface area (Å²) in [7, 11) is 0. The molecule has 0 aromatic heterocycles. The number of rotatable bonds is 3. The zero-order valence-electron chi connectivity index (χ0n) is 10.6. The van der Waals surface area contributed by atoms with Gasteiger partial charge in [0.05, 0.1) is 10.0 Å². The number of halogens is 2. The normalized spacial score (nSPS) is 9.76. The maximum atomic E-state index is 11.8. The first-order valence-corrected chi connectivity index (χ1v) is 7.35. The fraction of sp³-hybridized carbons (Fsp3) is 0. The summed E-state index contributed by atoms with van der Waals surface area (Å²) in [4.78, 5) is 12.6. The molecule has 0 aliphatic rings. The third-order valence-electron chi connectivity index (χ3n) is 2.45. The summed E-state index contributed by atoms with van der Waals surface area (Å²) in [6.07, 6.45) is 0. The van der Waals surface area contributed by atoms with Crippen LogP contribution in [0.2, 0.25) is 10.0 Å². The Morgan fingerprint density at radius 2 is 1.62 bits per heavy atom. The molecule has 0 bridgehead atoms. The number of urea groups is 1. The number of amides is 2. The van der Waals surface area contributed by atoms with E-state index < -0.39 is 6.03 Å². The Labute approximate surface area is 136 Å². The van der Waals surface area contributed by atoms with Gasteiger partial charge in [0, 0.05) is 16.3 Å². The largest absolute Gasteiger partial charge is 0.323 e. The van der Waals surface area contributed by atoms with Crippen LogP contribution in [0.1, 0.15) is 0 Å². The van der Waals surface area contributed by atoms with E-state index in [4.69, 9.17) is 28.5 Å². The fourth-order valence-corrected chi connectivity index (χ4v) is 2.20. The SMILES string of the molecule is N#CSc1ccc(NC(=O)Nc2ccc(Cl)c(Cl)c2)cc1. The van der Waals surface area contributed by atoms with E-state index in [2.05, 4.69) is 10.6 Å². The van der Waals surface area contributed by atoms with Gasteiger partial charge in [-0.25, -0.2) is 4.79 Å². The molecule has 0 saturated heterocycles. The third kappa shape index (κ3) is 4.57. The lowest BCUT2D eigenvalue weighted by Crippen LogP contribution is -2.19. The summed E-state index contributed by atoms with van der Waals surface area (Å²) in [6.45, 7) is 0. The molecule has 2 rings (SSSR count). The molecule has 0 fully saturated rings. The molecule has 0 radical (unpaired) electrons. The number of nitrogens with zero attached hydrogens (tertiary/aromatic N) is 1. The van der Waals surface area contributed by atoms with Gasteiger partial charge in [-0.15, -0.1) is 0 Å². The van der Waals surface area contributed by atoms with E-state index in [-0.39, 0.29) is 0 Å². The highest BCUT2D eigenvalue weighted by molar-refractivity contribution is 8.03. The van der Waals surface area contributed by atoms with E-state index in [1.165, 1.54) is 0 Å². The minimum atomic E-state index is -0.394. The van der Waals surface area contributed by atoms with Crippen molar-refractivity contribution in [2.24, 2.45) is 0 Å². The summed E-state index contributed by atoms with van der Waals surface area (Å²) < 4.78 is 0. The average molecular weight is 338 g/mol. The lowest BCUT2D eigenvalue weighted by atomic mass is 10.3. The molecule has 0 spiro atoms. The quantitative estimate of drug-likeness (QED) is 0.596. The van der Waals surface area contributed by atoms with Crippen LogP contribution in [-0.2, 0) is 0 Å². The summed E-state index contributed by atoms with van der Waals surface area (Å²) in [6, 6.07) is 11.4. The lowest BCUT2D eigenvalue weighted by molar-refractivity contribution is 0.262. The number of nitrogens with one attached hydrogen (secondary N) is 2. The molecule has 21 heavy (non-hydrogen) atoms. The van der Waals surface area contributed by atoms with Crippen LogP contribution in [0.25, 0.3) is 0 Å². The van der Waals surface area contributed by atoms with Crippen molar-refractivity contribution in [2.75, 3.05) is 10.6 Å². The number of hydrogen-bond acceptors (Lipinski definition) is 3. The van der Waals surface area contributed by atoms with E-state index in [1.54, 1.807) is 42.5 Å². The predicted octanol–water partition coefficient (Wildman–Crippen LogP) is 5.21. The summed E-state index contributed by atoms with van der Waals surface area (Å²) in [5.74, 6) is 0. The van der Waals surface area contributed by atoms with Crippen molar-refractivity contribution in [3.8, 4) is 5.40 Å². The molecule has 0 atom stereocenters. The van der Waals surface area contributed by atoms with Gasteiger partial charge in [-0.3, -0.25) is 0 Å². The van der Waals surface area contributed by atoms with Crippen molar-refractivity contribution in [2.45, 2.75) is 4.90 Å². The fourth-order valence-electron chi connectivity index (χ4n) is 1.53. The smallest absolute Gasteiger partial charge is 0.308 e. The number of benzene rings is 2. The van der Waals surface area contributed by atoms with Gasteiger partial charge >= 0.3 is 6.03 Å². The first-order valence-electron chi connectivity index (χ1n) is 5.77. The number of thioether (sulfide) groups is 1. The second-order valence-electron chi connectivity index (χ2n) is 3.93. The monoisotopic (exact) mass is 337 g/mol. The first-order chi connectivity index (χ1) is 10.1. The van der Waals surface area contributed by atoms with Crippen molar-refractivity contribution in [3.05, 3.63) is 52.5 Å². The molecular weight excluding hydrogens is 329 g/mol. The van der Waals surface area contributed by atoms with Crippen LogP contribution in [0.15, 0.2) is 47.4 Å². The maximum absolute atomic E-state index is 11.8. The molecule has 106 valence electrons. The molecule has 4 nitrogen and oxygen atoms in total. The van der Waals surface area contributed by atoms with Crippen molar-refractivity contribution in [3.63, 3.8) is 0 Å². The van der Waals surface area contributed by atoms with Crippen molar-refractivity contribution in [1.29, 1.82) is 5.26 Å². The van der Waals surface area contributed by atoms with Gasteiger partial charge in [0.15, 0.2) is 0 Å². The van der Waals surface area contributed by atoms with E-state index in [0.29, 0.717) is 21.4 Å². The van der Waals surface area contributed by atoms with Crippen LogP contribution in [-0.4, -0.2) is 6.03 Å². The Hall–Kier alpha value is -1.87. The van der Waals surface area contributed by atoms with Gasteiger partial charge in [0.25, 0.3) is 0 Å². The van der Waals surface area contributed by atoms with Crippen molar-refractivity contribution >= 4 is 52.4 Å². The highest BCUT2D eigenvalue weighted by Gasteiger charge is 2.05.